The molecule has 1 N–H and O–H groups in total. The van der Waals surface area contributed by atoms with Crippen LogP contribution in [0.15, 0.2) is 42.6 Å². The predicted octanol–water partition coefficient (Wildman–Crippen LogP) is 3.37. The summed E-state index contributed by atoms with van der Waals surface area (Å²) in [5.74, 6) is 0.708. The molecular formula is C20H24N2O2. The number of ether oxygens (including phenoxy) is 1. The molecule has 2 aliphatic rings. The topological polar surface area (TPSA) is 45.3 Å². The van der Waals surface area contributed by atoms with Crippen molar-refractivity contribution >= 4 is 5.91 Å². The van der Waals surface area contributed by atoms with Gasteiger partial charge in [0, 0.05) is 25.0 Å². The standard InChI is InChI=1S/C20H24N2O2/c23-20(18-8-11-21-19(18)16-6-7-16)22(17-10-13-24-14-17)12-9-15-4-2-1-3-5-15/h1-5,8,11,16-17,21H,6-7,9-10,12-14H2/t17-/m0/s1. The van der Waals surface area contributed by atoms with Crippen LogP contribution in [0.2, 0.25) is 0 Å². The fraction of sp³-hybridized carbons (Fsp3) is 0.450. The summed E-state index contributed by atoms with van der Waals surface area (Å²) < 4.78 is 5.55. The second-order valence-electron chi connectivity index (χ2n) is 6.83. The normalized spacial score (nSPS) is 20.2. The molecule has 1 aromatic carbocycles. The van der Waals surface area contributed by atoms with Crippen molar-refractivity contribution in [3.63, 3.8) is 0 Å². The van der Waals surface area contributed by atoms with Crippen LogP contribution in [0, 0.1) is 0 Å². The molecule has 24 heavy (non-hydrogen) atoms. The maximum atomic E-state index is 13.2. The van der Waals surface area contributed by atoms with Crippen molar-refractivity contribution in [3.8, 4) is 0 Å². The van der Waals surface area contributed by atoms with Crippen molar-refractivity contribution in [3.05, 3.63) is 59.4 Å². The van der Waals surface area contributed by atoms with Crippen molar-refractivity contribution < 1.29 is 9.53 Å². The summed E-state index contributed by atoms with van der Waals surface area (Å²) in [6.07, 6.45) is 6.10. The second kappa shape index (κ2) is 6.81. The molecular weight excluding hydrogens is 300 g/mol. The average molecular weight is 324 g/mol. The third kappa shape index (κ3) is 3.24. The van der Waals surface area contributed by atoms with Gasteiger partial charge in [-0.1, -0.05) is 30.3 Å². The number of benzene rings is 1. The van der Waals surface area contributed by atoms with E-state index in [1.807, 2.05) is 23.2 Å². The molecule has 0 spiro atoms. The van der Waals surface area contributed by atoms with Gasteiger partial charge in [0.05, 0.1) is 18.2 Å². The molecule has 2 heterocycles. The molecule has 1 saturated heterocycles. The number of amides is 1. The number of H-pyrrole nitrogens is 1. The Kier molecular flexibility index (Phi) is 4.39. The minimum absolute atomic E-state index is 0.157. The molecule has 1 atom stereocenters. The van der Waals surface area contributed by atoms with E-state index in [4.69, 9.17) is 4.74 Å². The number of carbonyl (C=O) groups excluding carboxylic acids is 1. The Labute approximate surface area is 142 Å². The first kappa shape index (κ1) is 15.5. The Morgan fingerprint density at radius 2 is 2.00 bits per heavy atom. The lowest BCUT2D eigenvalue weighted by Crippen LogP contribution is -2.42. The molecule has 2 aromatic rings. The van der Waals surface area contributed by atoms with Crippen LogP contribution in [-0.4, -0.2) is 41.6 Å². The van der Waals surface area contributed by atoms with Crippen molar-refractivity contribution in [2.75, 3.05) is 19.8 Å². The molecule has 0 unspecified atom stereocenters. The number of nitrogens with zero attached hydrogens (tertiary/aromatic N) is 1. The Morgan fingerprint density at radius 3 is 2.71 bits per heavy atom. The molecule has 1 aliphatic carbocycles. The van der Waals surface area contributed by atoms with Gasteiger partial charge in [-0.2, -0.15) is 0 Å². The van der Waals surface area contributed by atoms with Crippen molar-refractivity contribution in [2.45, 2.75) is 37.6 Å². The van der Waals surface area contributed by atoms with E-state index in [1.54, 1.807) is 0 Å². The number of nitrogens with one attached hydrogen (secondary N) is 1. The predicted molar refractivity (Wildman–Crippen MR) is 93.2 cm³/mol. The monoisotopic (exact) mass is 324 g/mol. The van der Waals surface area contributed by atoms with E-state index < -0.39 is 0 Å². The molecule has 2 fully saturated rings. The SMILES string of the molecule is O=C(c1cc[nH]c1C1CC1)N(CCc1ccccc1)[C@H]1CCOC1. The molecule has 126 valence electrons. The summed E-state index contributed by atoms with van der Waals surface area (Å²) in [7, 11) is 0. The summed E-state index contributed by atoms with van der Waals surface area (Å²) >= 11 is 0. The highest BCUT2D eigenvalue weighted by Crippen LogP contribution is 2.41. The van der Waals surface area contributed by atoms with Crippen LogP contribution < -0.4 is 0 Å². The van der Waals surface area contributed by atoms with Gasteiger partial charge >= 0.3 is 0 Å². The highest BCUT2D eigenvalue weighted by Gasteiger charge is 2.33. The van der Waals surface area contributed by atoms with E-state index >= 15 is 0 Å². The van der Waals surface area contributed by atoms with Gasteiger partial charge in [-0.05, 0) is 43.2 Å². The number of hydrogen-bond acceptors (Lipinski definition) is 2. The van der Waals surface area contributed by atoms with Crippen LogP contribution in [0.25, 0.3) is 0 Å². The molecule has 4 nitrogen and oxygen atoms in total. The van der Waals surface area contributed by atoms with Gasteiger partial charge in [0.2, 0.25) is 0 Å². The first-order chi connectivity index (χ1) is 11.8. The van der Waals surface area contributed by atoms with Gasteiger partial charge in [-0.25, -0.2) is 0 Å². The molecule has 0 bridgehead atoms. The molecule has 1 aromatic heterocycles. The number of carbonyl (C=O) groups is 1. The van der Waals surface area contributed by atoms with E-state index in [2.05, 4.69) is 29.2 Å². The van der Waals surface area contributed by atoms with Crippen LogP contribution >= 0.6 is 0 Å². The minimum Gasteiger partial charge on any atom is -0.379 e. The van der Waals surface area contributed by atoms with Crippen LogP contribution in [0.3, 0.4) is 0 Å². The fourth-order valence-electron chi connectivity index (χ4n) is 3.55. The molecule has 4 rings (SSSR count). The maximum absolute atomic E-state index is 13.2. The summed E-state index contributed by atoms with van der Waals surface area (Å²) in [6, 6.07) is 12.5. The third-order valence-electron chi connectivity index (χ3n) is 5.09. The molecule has 1 amide bonds. The Hall–Kier alpha value is -2.07. The highest BCUT2D eigenvalue weighted by molar-refractivity contribution is 5.96. The van der Waals surface area contributed by atoms with Gasteiger partial charge < -0.3 is 14.6 Å². The number of hydrogen-bond donors (Lipinski definition) is 1. The van der Waals surface area contributed by atoms with Crippen LogP contribution in [0.5, 0.6) is 0 Å². The smallest absolute Gasteiger partial charge is 0.256 e. The van der Waals surface area contributed by atoms with Gasteiger partial charge in [0.25, 0.3) is 5.91 Å². The molecule has 0 radical (unpaired) electrons. The number of aromatic nitrogens is 1. The zero-order valence-electron chi connectivity index (χ0n) is 13.9. The highest BCUT2D eigenvalue weighted by atomic mass is 16.5. The van der Waals surface area contributed by atoms with Crippen LogP contribution in [0.4, 0.5) is 0 Å². The van der Waals surface area contributed by atoms with E-state index in [9.17, 15) is 4.79 Å². The number of aromatic amines is 1. The quantitative estimate of drug-likeness (QED) is 0.885. The lowest BCUT2D eigenvalue weighted by molar-refractivity contribution is 0.0655. The molecule has 1 saturated carbocycles. The Bertz CT molecular complexity index is 685. The van der Waals surface area contributed by atoms with E-state index in [0.717, 1.165) is 37.3 Å². The summed E-state index contributed by atoms with van der Waals surface area (Å²) in [6.45, 7) is 2.15. The number of rotatable bonds is 6. The zero-order valence-corrected chi connectivity index (χ0v) is 13.9. The van der Waals surface area contributed by atoms with E-state index in [0.29, 0.717) is 12.5 Å². The maximum Gasteiger partial charge on any atom is 0.256 e. The second-order valence-corrected chi connectivity index (χ2v) is 6.83. The van der Waals surface area contributed by atoms with E-state index in [1.165, 1.54) is 18.4 Å². The van der Waals surface area contributed by atoms with Gasteiger partial charge in [0.1, 0.15) is 0 Å². The summed E-state index contributed by atoms with van der Waals surface area (Å²) in [4.78, 5) is 18.5. The van der Waals surface area contributed by atoms with Crippen molar-refractivity contribution in [2.24, 2.45) is 0 Å². The van der Waals surface area contributed by atoms with Gasteiger partial charge in [0.15, 0.2) is 0 Å². The Balaban J connectivity index is 1.53. The zero-order chi connectivity index (χ0) is 16.4. The lowest BCUT2D eigenvalue weighted by atomic mass is 10.1. The third-order valence-corrected chi connectivity index (χ3v) is 5.09. The van der Waals surface area contributed by atoms with E-state index in [-0.39, 0.29) is 11.9 Å². The first-order valence-corrected chi connectivity index (χ1v) is 8.93. The first-order valence-electron chi connectivity index (χ1n) is 8.93. The van der Waals surface area contributed by atoms with Gasteiger partial charge in [-0.15, -0.1) is 0 Å². The largest absolute Gasteiger partial charge is 0.379 e. The summed E-state index contributed by atoms with van der Waals surface area (Å²) in [5, 5.41) is 0. The molecule has 4 heteroatoms. The van der Waals surface area contributed by atoms with Gasteiger partial charge in [-0.3, -0.25) is 4.79 Å². The summed E-state index contributed by atoms with van der Waals surface area (Å²) in [5.41, 5.74) is 3.26. The lowest BCUT2D eigenvalue weighted by Gasteiger charge is -2.28. The van der Waals surface area contributed by atoms with Crippen molar-refractivity contribution in [1.29, 1.82) is 0 Å². The average Bonchev–Trinajstić information content (AvgIpc) is 3.12. The minimum atomic E-state index is 0.157. The van der Waals surface area contributed by atoms with Crippen molar-refractivity contribution in [1.82, 2.24) is 9.88 Å². The fourth-order valence-corrected chi connectivity index (χ4v) is 3.55. The molecule has 1 aliphatic heterocycles. The van der Waals surface area contributed by atoms with Crippen LogP contribution in [0.1, 0.15) is 46.8 Å². The van der Waals surface area contributed by atoms with Crippen LogP contribution in [-0.2, 0) is 11.2 Å². The Morgan fingerprint density at radius 1 is 1.17 bits per heavy atom.